The quantitative estimate of drug-likeness (QED) is 0.680. The third-order valence-corrected chi connectivity index (χ3v) is 5.45. The number of aromatic nitrogens is 2. The molecule has 1 aliphatic heterocycles. The molecule has 0 spiro atoms. The number of rotatable bonds is 5. The van der Waals surface area contributed by atoms with Gasteiger partial charge < -0.3 is 16.0 Å². The van der Waals surface area contributed by atoms with Crippen LogP contribution in [0.15, 0.2) is 48.0 Å². The van der Waals surface area contributed by atoms with E-state index in [4.69, 9.17) is 5.73 Å². The molecule has 0 saturated heterocycles. The predicted molar refractivity (Wildman–Crippen MR) is 106 cm³/mol. The second kappa shape index (κ2) is 7.21. The lowest BCUT2D eigenvalue weighted by molar-refractivity contribution is -0.115. The van der Waals surface area contributed by atoms with Gasteiger partial charge in [0.2, 0.25) is 5.91 Å². The van der Waals surface area contributed by atoms with Crippen LogP contribution in [0.1, 0.15) is 16.9 Å². The number of carbonyl (C=O) groups is 1. The number of hydrogen-bond donors (Lipinski definition) is 2. The Kier molecular flexibility index (Phi) is 4.62. The molecule has 4 rings (SSSR count). The summed E-state index contributed by atoms with van der Waals surface area (Å²) < 4.78 is 1.81. The van der Waals surface area contributed by atoms with Gasteiger partial charge in [0.1, 0.15) is 5.82 Å². The van der Waals surface area contributed by atoms with E-state index in [1.165, 1.54) is 4.88 Å². The number of fused-ring (bicyclic) bond motifs is 1. The molecule has 26 heavy (non-hydrogen) atoms. The average Bonchev–Trinajstić information content (AvgIpc) is 3.29. The standard InChI is InChI=1S/C19H21N5OS/c20-16-6-1-7-17-15(16)5-2-10-23(17)13-19(25)22-18-8-9-21-24(18)12-14-4-3-11-26-14/h1,3-4,6-9,11H,2,5,10,12-13,20H2,(H,22,25). The van der Waals surface area contributed by atoms with Crippen LogP contribution < -0.4 is 16.0 Å². The number of thiophene rings is 1. The van der Waals surface area contributed by atoms with E-state index < -0.39 is 0 Å². The highest BCUT2D eigenvalue weighted by molar-refractivity contribution is 7.09. The zero-order valence-electron chi connectivity index (χ0n) is 14.4. The summed E-state index contributed by atoms with van der Waals surface area (Å²) in [6.45, 7) is 1.82. The lowest BCUT2D eigenvalue weighted by Crippen LogP contribution is -2.37. The first-order valence-corrected chi connectivity index (χ1v) is 9.55. The summed E-state index contributed by atoms with van der Waals surface area (Å²) in [7, 11) is 0. The zero-order chi connectivity index (χ0) is 17.9. The Morgan fingerprint density at radius 3 is 3.04 bits per heavy atom. The molecular formula is C19H21N5OS. The molecule has 0 bridgehead atoms. The van der Waals surface area contributed by atoms with Crippen molar-refractivity contribution in [2.75, 3.05) is 29.0 Å². The Bertz CT molecular complexity index is 903. The second-order valence-corrected chi connectivity index (χ2v) is 7.40. The Balaban J connectivity index is 1.45. The fourth-order valence-corrected chi connectivity index (χ4v) is 4.05. The molecular weight excluding hydrogens is 346 g/mol. The number of nitrogens with zero attached hydrogens (tertiary/aromatic N) is 3. The third kappa shape index (κ3) is 3.43. The van der Waals surface area contributed by atoms with Gasteiger partial charge in [-0.25, -0.2) is 4.68 Å². The van der Waals surface area contributed by atoms with E-state index in [9.17, 15) is 4.79 Å². The van der Waals surface area contributed by atoms with E-state index in [-0.39, 0.29) is 5.91 Å². The molecule has 1 amide bonds. The monoisotopic (exact) mass is 367 g/mol. The Labute approximate surface area is 156 Å². The largest absolute Gasteiger partial charge is 0.398 e. The summed E-state index contributed by atoms with van der Waals surface area (Å²) in [6.07, 6.45) is 3.68. The Morgan fingerprint density at radius 2 is 2.19 bits per heavy atom. The first-order valence-electron chi connectivity index (χ1n) is 8.67. The van der Waals surface area contributed by atoms with Crippen LogP contribution in [0.4, 0.5) is 17.2 Å². The lowest BCUT2D eigenvalue weighted by atomic mass is 10.00. The van der Waals surface area contributed by atoms with Gasteiger partial charge in [-0.2, -0.15) is 5.10 Å². The van der Waals surface area contributed by atoms with E-state index in [1.807, 2.05) is 40.4 Å². The van der Waals surface area contributed by atoms with Crippen LogP contribution in [0.5, 0.6) is 0 Å². The summed E-state index contributed by atoms with van der Waals surface area (Å²) in [5, 5.41) is 9.34. The molecule has 1 aromatic carbocycles. The summed E-state index contributed by atoms with van der Waals surface area (Å²) in [4.78, 5) is 15.9. The second-order valence-electron chi connectivity index (χ2n) is 6.37. The van der Waals surface area contributed by atoms with E-state index in [1.54, 1.807) is 17.5 Å². The van der Waals surface area contributed by atoms with E-state index in [0.29, 0.717) is 18.9 Å². The highest BCUT2D eigenvalue weighted by atomic mass is 32.1. The van der Waals surface area contributed by atoms with Gasteiger partial charge in [0.15, 0.2) is 0 Å². The van der Waals surface area contributed by atoms with E-state index in [0.717, 1.165) is 36.3 Å². The first-order chi connectivity index (χ1) is 12.7. The predicted octanol–water partition coefficient (Wildman–Crippen LogP) is 2.97. The zero-order valence-corrected chi connectivity index (χ0v) is 15.2. The molecule has 7 heteroatoms. The number of amides is 1. The van der Waals surface area contributed by atoms with Crippen molar-refractivity contribution >= 4 is 34.4 Å². The van der Waals surface area contributed by atoms with Crippen molar-refractivity contribution in [3.8, 4) is 0 Å². The lowest BCUT2D eigenvalue weighted by Gasteiger charge is -2.31. The van der Waals surface area contributed by atoms with Crippen molar-refractivity contribution in [2.24, 2.45) is 0 Å². The minimum Gasteiger partial charge on any atom is -0.398 e. The maximum atomic E-state index is 12.6. The van der Waals surface area contributed by atoms with Crippen LogP contribution in [0, 0.1) is 0 Å². The van der Waals surface area contributed by atoms with E-state index >= 15 is 0 Å². The maximum absolute atomic E-state index is 12.6. The fraction of sp³-hybridized carbons (Fsp3) is 0.263. The number of nitrogens with one attached hydrogen (secondary N) is 1. The maximum Gasteiger partial charge on any atom is 0.245 e. The van der Waals surface area contributed by atoms with Crippen molar-refractivity contribution in [3.63, 3.8) is 0 Å². The molecule has 3 heterocycles. The summed E-state index contributed by atoms with van der Waals surface area (Å²) in [5.41, 5.74) is 9.11. The van der Waals surface area contributed by atoms with Gasteiger partial charge in [-0.1, -0.05) is 12.1 Å². The topological polar surface area (TPSA) is 76.2 Å². The van der Waals surface area contributed by atoms with Gasteiger partial charge in [-0.15, -0.1) is 11.3 Å². The number of nitrogen functional groups attached to an aromatic ring is 1. The van der Waals surface area contributed by atoms with Crippen LogP contribution in [0.25, 0.3) is 0 Å². The van der Waals surface area contributed by atoms with Crippen molar-refractivity contribution in [1.29, 1.82) is 0 Å². The van der Waals surface area contributed by atoms with Crippen molar-refractivity contribution < 1.29 is 4.79 Å². The molecule has 0 saturated carbocycles. The van der Waals surface area contributed by atoms with Gasteiger partial charge in [0.25, 0.3) is 0 Å². The summed E-state index contributed by atoms with van der Waals surface area (Å²) >= 11 is 1.68. The van der Waals surface area contributed by atoms with Crippen LogP contribution in [-0.2, 0) is 17.8 Å². The van der Waals surface area contributed by atoms with Crippen molar-refractivity contribution in [3.05, 3.63) is 58.4 Å². The molecule has 0 aliphatic carbocycles. The van der Waals surface area contributed by atoms with Gasteiger partial charge in [-0.05, 0) is 42.0 Å². The molecule has 3 N–H and O–H groups in total. The molecule has 0 atom stereocenters. The molecule has 0 unspecified atom stereocenters. The number of anilines is 3. The van der Waals surface area contributed by atoms with Crippen LogP contribution in [0.2, 0.25) is 0 Å². The molecule has 134 valence electrons. The number of hydrogen-bond acceptors (Lipinski definition) is 5. The molecule has 0 fully saturated rings. The number of carbonyl (C=O) groups excluding carboxylic acids is 1. The molecule has 6 nitrogen and oxygen atoms in total. The van der Waals surface area contributed by atoms with Crippen LogP contribution >= 0.6 is 11.3 Å². The Morgan fingerprint density at radius 1 is 1.27 bits per heavy atom. The van der Waals surface area contributed by atoms with Crippen molar-refractivity contribution in [1.82, 2.24) is 9.78 Å². The van der Waals surface area contributed by atoms with Gasteiger partial charge >= 0.3 is 0 Å². The van der Waals surface area contributed by atoms with Gasteiger partial charge in [0, 0.05) is 28.9 Å². The first kappa shape index (κ1) is 16.7. The minimum atomic E-state index is -0.0480. The highest BCUT2D eigenvalue weighted by Crippen LogP contribution is 2.31. The smallest absolute Gasteiger partial charge is 0.245 e. The molecule has 0 radical (unpaired) electrons. The van der Waals surface area contributed by atoms with Crippen LogP contribution in [-0.4, -0.2) is 28.8 Å². The number of nitrogens with two attached hydrogens (primary N) is 1. The highest BCUT2D eigenvalue weighted by Gasteiger charge is 2.21. The average molecular weight is 367 g/mol. The SMILES string of the molecule is Nc1cccc2c1CCCN2CC(=O)Nc1ccnn1Cc1cccs1. The molecule has 2 aromatic heterocycles. The Hall–Kier alpha value is -2.80. The fourth-order valence-electron chi connectivity index (χ4n) is 3.36. The molecule has 1 aliphatic rings. The van der Waals surface area contributed by atoms with Gasteiger partial charge in [-0.3, -0.25) is 4.79 Å². The number of benzene rings is 1. The van der Waals surface area contributed by atoms with Gasteiger partial charge in [0.05, 0.1) is 19.3 Å². The van der Waals surface area contributed by atoms with E-state index in [2.05, 4.69) is 21.4 Å². The molecule has 3 aromatic rings. The minimum absolute atomic E-state index is 0.0480. The van der Waals surface area contributed by atoms with Crippen molar-refractivity contribution in [2.45, 2.75) is 19.4 Å². The third-order valence-electron chi connectivity index (χ3n) is 4.59. The van der Waals surface area contributed by atoms with Crippen LogP contribution in [0.3, 0.4) is 0 Å². The normalized spacial score (nSPS) is 13.5. The summed E-state index contributed by atoms with van der Waals surface area (Å²) in [5.74, 6) is 0.668. The summed E-state index contributed by atoms with van der Waals surface area (Å²) in [6, 6.07) is 11.8.